The van der Waals surface area contributed by atoms with Gasteiger partial charge in [-0.2, -0.15) is 13.2 Å². The van der Waals surface area contributed by atoms with Crippen LogP contribution in [0.3, 0.4) is 0 Å². The molecular formula is C10H5ClF3NS. The monoisotopic (exact) mass is 263 g/mol. The Morgan fingerprint density at radius 2 is 1.94 bits per heavy atom. The summed E-state index contributed by atoms with van der Waals surface area (Å²) in [5.41, 5.74) is -0.332. The zero-order chi connectivity index (χ0) is 11.8. The van der Waals surface area contributed by atoms with E-state index in [2.05, 4.69) is 4.98 Å². The van der Waals surface area contributed by atoms with Gasteiger partial charge in [0.25, 0.3) is 0 Å². The second kappa shape index (κ2) is 4.07. The van der Waals surface area contributed by atoms with Gasteiger partial charge in [-0.3, -0.25) is 4.98 Å². The first-order chi connectivity index (χ1) is 7.47. The number of alkyl halides is 3. The molecule has 0 saturated carbocycles. The summed E-state index contributed by atoms with van der Waals surface area (Å²) in [6.07, 6.45) is -2.18. The van der Waals surface area contributed by atoms with Gasteiger partial charge < -0.3 is 0 Å². The first-order valence-corrected chi connectivity index (χ1v) is 5.49. The summed E-state index contributed by atoms with van der Waals surface area (Å²) in [6.45, 7) is 0. The van der Waals surface area contributed by atoms with Crippen LogP contribution in [0.15, 0.2) is 29.9 Å². The average Bonchev–Trinajstić information content (AvgIpc) is 2.64. The normalized spacial score (nSPS) is 11.8. The summed E-state index contributed by atoms with van der Waals surface area (Å²) in [7, 11) is 0. The molecule has 0 spiro atoms. The fourth-order valence-electron chi connectivity index (χ4n) is 1.19. The maximum Gasteiger partial charge on any atom is 0.417 e. The van der Waals surface area contributed by atoms with Crippen molar-refractivity contribution >= 4 is 22.9 Å². The molecule has 2 aromatic heterocycles. The molecule has 2 heterocycles. The van der Waals surface area contributed by atoms with Crippen LogP contribution in [-0.4, -0.2) is 4.98 Å². The van der Waals surface area contributed by atoms with Crippen LogP contribution >= 0.6 is 22.9 Å². The highest BCUT2D eigenvalue weighted by Gasteiger charge is 2.31. The van der Waals surface area contributed by atoms with E-state index in [0.717, 1.165) is 12.3 Å². The Labute approximate surface area is 98.5 Å². The molecule has 0 aliphatic carbocycles. The van der Waals surface area contributed by atoms with Crippen LogP contribution in [0.5, 0.6) is 0 Å². The van der Waals surface area contributed by atoms with E-state index in [0.29, 0.717) is 15.5 Å². The van der Waals surface area contributed by atoms with Gasteiger partial charge in [-0.1, -0.05) is 11.6 Å². The quantitative estimate of drug-likeness (QED) is 0.739. The van der Waals surface area contributed by atoms with Crippen molar-refractivity contribution in [2.24, 2.45) is 0 Å². The van der Waals surface area contributed by atoms with Gasteiger partial charge in [-0.05, 0) is 12.1 Å². The second-order valence-electron chi connectivity index (χ2n) is 3.09. The minimum absolute atomic E-state index is 0.423. The van der Waals surface area contributed by atoms with E-state index in [-0.39, 0.29) is 0 Å². The number of aromatic nitrogens is 1. The Bertz CT molecular complexity index is 507. The number of thiophene rings is 1. The molecular weight excluding hydrogens is 259 g/mol. The molecule has 1 nitrogen and oxygen atoms in total. The molecule has 0 amide bonds. The molecule has 0 fully saturated rings. The molecule has 84 valence electrons. The lowest BCUT2D eigenvalue weighted by atomic mass is 10.2. The van der Waals surface area contributed by atoms with Crippen LogP contribution < -0.4 is 0 Å². The third-order valence-electron chi connectivity index (χ3n) is 1.92. The molecule has 0 aliphatic heterocycles. The molecule has 2 aromatic rings. The topological polar surface area (TPSA) is 12.9 Å². The van der Waals surface area contributed by atoms with Gasteiger partial charge in [0, 0.05) is 28.2 Å². The molecule has 2 rings (SSSR count). The van der Waals surface area contributed by atoms with Crippen molar-refractivity contribution in [3.63, 3.8) is 0 Å². The van der Waals surface area contributed by atoms with Gasteiger partial charge in [-0.25, -0.2) is 0 Å². The van der Waals surface area contributed by atoms with Crippen molar-refractivity contribution in [3.8, 4) is 10.4 Å². The lowest BCUT2D eigenvalue weighted by Gasteiger charge is -2.06. The molecule has 16 heavy (non-hydrogen) atoms. The van der Waals surface area contributed by atoms with E-state index < -0.39 is 11.7 Å². The summed E-state index contributed by atoms with van der Waals surface area (Å²) < 4.78 is 37.3. The maximum atomic E-state index is 12.4. The summed E-state index contributed by atoms with van der Waals surface area (Å²) in [4.78, 5) is 4.25. The molecule has 0 aliphatic rings. The molecule has 0 bridgehead atoms. The van der Waals surface area contributed by atoms with Gasteiger partial charge in [0.2, 0.25) is 0 Å². The van der Waals surface area contributed by atoms with E-state index >= 15 is 0 Å². The van der Waals surface area contributed by atoms with Crippen LogP contribution in [0, 0.1) is 0 Å². The fraction of sp³-hybridized carbons (Fsp3) is 0.100. The van der Waals surface area contributed by atoms with Crippen LogP contribution in [0.2, 0.25) is 5.02 Å². The highest BCUT2D eigenvalue weighted by atomic mass is 35.5. The Morgan fingerprint density at radius 3 is 2.50 bits per heavy atom. The van der Waals surface area contributed by atoms with Crippen molar-refractivity contribution in [3.05, 3.63) is 40.5 Å². The Balaban J connectivity index is 2.44. The Kier molecular flexibility index (Phi) is 2.90. The zero-order valence-corrected chi connectivity index (χ0v) is 9.33. The average molecular weight is 264 g/mol. The molecule has 0 radical (unpaired) electrons. The van der Waals surface area contributed by atoms with Gasteiger partial charge >= 0.3 is 6.18 Å². The van der Waals surface area contributed by atoms with E-state index in [1.54, 1.807) is 11.4 Å². The predicted molar refractivity (Wildman–Crippen MR) is 57.6 cm³/mol. The van der Waals surface area contributed by atoms with Crippen molar-refractivity contribution in [1.29, 1.82) is 0 Å². The number of rotatable bonds is 1. The summed E-state index contributed by atoms with van der Waals surface area (Å²) in [5, 5.41) is 2.18. The van der Waals surface area contributed by atoms with Crippen molar-refractivity contribution in [2.45, 2.75) is 6.18 Å². The van der Waals surface area contributed by atoms with E-state index in [1.165, 1.54) is 17.5 Å². The third-order valence-corrected chi connectivity index (χ3v) is 3.24. The highest BCUT2D eigenvalue weighted by Crippen LogP contribution is 2.34. The minimum Gasteiger partial charge on any atom is -0.263 e. The molecule has 0 atom stereocenters. The van der Waals surface area contributed by atoms with Crippen molar-refractivity contribution < 1.29 is 13.2 Å². The number of nitrogens with zero attached hydrogens (tertiary/aromatic N) is 1. The summed E-state index contributed by atoms with van der Waals surface area (Å²) >= 11 is 6.99. The second-order valence-corrected chi connectivity index (χ2v) is 4.44. The van der Waals surface area contributed by atoms with Crippen LogP contribution in [0.4, 0.5) is 13.2 Å². The number of hydrogen-bond acceptors (Lipinski definition) is 2. The molecule has 6 heteroatoms. The van der Waals surface area contributed by atoms with Gasteiger partial charge in [0.1, 0.15) is 0 Å². The summed E-state index contributed by atoms with van der Waals surface area (Å²) in [6, 6.07) is 2.68. The van der Waals surface area contributed by atoms with Crippen LogP contribution in [0.25, 0.3) is 10.4 Å². The standard InChI is InChI=1S/C10H5ClF3NS/c11-8-2-9(16-5-8)6-1-7(4-15-3-6)10(12,13)14/h1-5H. The van der Waals surface area contributed by atoms with E-state index in [1.807, 2.05) is 0 Å². The maximum absolute atomic E-state index is 12.4. The van der Waals surface area contributed by atoms with Crippen LogP contribution in [-0.2, 0) is 6.18 Å². The lowest BCUT2D eigenvalue weighted by Crippen LogP contribution is -2.05. The predicted octanol–water partition coefficient (Wildman–Crippen LogP) is 4.48. The van der Waals surface area contributed by atoms with E-state index in [9.17, 15) is 13.2 Å². The molecule has 0 unspecified atom stereocenters. The largest absolute Gasteiger partial charge is 0.417 e. The first kappa shape index (κ1) is 11.4. The number of pyridine rings is 1. The smallest absolute Gasteiger partial charge is 0.263 e. The minimum atomic E-state index is -4.37. The molecule has 0 N–H and O–H groups in total. The van der Waals surface area contributed by atoms with Gasteiger partial charge in [0.05, 0.1) is 10.6 Å². The molecule has 0 aromatic carbocycles. The Morgan fingerprint density at radius 1 is 1.19 bits per heavy atom. The van der Waals surface area contributed by atoms with Crippen molar-refractivity contribution in [2.75, 3.05) is 0 Å². The number of hydrogen-bond donors (Lipinski definition) is 0. The third kappa shape index (κ3) is 2.36. The van der Waals surface area contributed by atoms with Gasteiger partial charge in [0.15, 0.2) is 0 Å². The van der Waals surface area contributed by atoms with E-state index in [4.69, 9.17) is 11.6 Å². The zero-order valence-electron chi connectivity index (χ0n) is 7.75. The summed E-state index contributed by atoms with van der Waals surface area (Å²) in [5.74, 6) is 0. The SMILES string of the molecule is FC(F)(F)c1cncc(-c2cc(Cl)cs2)c1. The van der Waals surface area contributed by atoms with Crippen molar-refractivity contribution in [1.82, 2.24) is 4.98 Å². The van der Waals surface area contributed by atoms with Crippen LogP contribution in [0.1, 0.15) is 5.56 Å². The highest BCUT2D eigenvalue weighted by molar-refractivity contribution is 7.14. The van der Waals surface area contributed by atoms with Gasteiger partial charge in [-0.15, -0.1) is 11.3 Å². The molecule has 0 saturated heterocycles. The Hall–Kier alpha value is -1.07. The number of halogens is 4. The lowest BCUT2D eigenvalue weighted by molar-refractivity contribution is -0.137. The fourth-order valence-corrected chi connectivity index (χ4v) is 2.25. The first-order valence-electron chi connectivity index (χ1n) is 4.23.